The van der Waals surface area contributed by atoms with Gasteiger partial charge in [0.25, 0.3) is 0 Å². The fraction of sp³-hybridized carbons (Fsp3) is 0.0476. The summed E-state index contributed by atoms with van der Waals surface area (Å²) in [6, 6.07) is 13.5. The zero-order chi connectivity index (χ0) is 22.0. The molecule has 4 N–H and O–H groups in total. The average molecular weight is 501 g/mol. The first-order chi connectivity index (χ1) is 15.0. The molecule has 31 heavy (non-hydrogen) atoms. The number of hydrogen-bond donors (Lipinski definition) is 2. The molecule has 0 atom stereocenters. The minimum absolute atomic E-state index is 0.188. The first-order valence-corrected chi connectivity index (χ1v) is 10.3. The van der Waals surface area contributed by atoms with Crippen LogP contribution in [0.5, 0.6) is 0 Å². The second kappa shape index (κ2) is 8.83. The monoisotopic (exact) mass is 499 g/mol. The SMILES string of the molecule is NN=C(C=Nc1ccccc1F)Cn1c(Br)c(-c2ccc(Cl)cc2)c2c(N)ncnc21. The Bertz CT molecular complexity index is 1320. The smallest absolute Gasteiger partial charge is 0.148 e. The molecule has 0 radical (unpaired) electrons. The number of nitrogen functional groups attached to an aromatic ring is 1. The van der Waals surface area contributed by atoms with Crippen molar-refractivity contribution in [1.82, 2.24) is 14.5 Å². The molecule has 0 saturated carbocycles. The van der Waals surface area contributed by atoms with Crippen LogP contribution in [0.1, 0.15) is 0 Å². The van der Waals surface area contributed by atoms with Gasteiger partial charge in [-0.25, -0.2) is 14.4 Å². The lowest BCUT2D eigenvalue weighted by Gasteiger charge is -2.07. The van der Waals surface area contributed by atoms with Crippen LogP contribution in [0.2, 0.25) is 5.02 Å². The Hall–Kier alpha value is -3.30. The molecular weight excluding hydrogens is 485 g/mol. The number of hydrazone groups is 1. The fourth-order valence-corrected chi connectivity index (χ4v) is 4.01. The van der Waals surface area contributed by atoms with Gasteiger partial charge in [0.15, 0.2) is 0 Å². The van der Waals surface area contributed by atoms with E-state index in [1.165, 1.54) is 18.6 Å². The van der Waals surface area contributed by atoms with Gasteiger partial charge in [0.1, 0.15) is 23.6 Å². The predicted molar refractivity (Wildman–Crippen MR) is 126 cm³/mol. The van der Waals surface area contributed by atoms with E-state index in [9.17, 15) is 4.39 Å². The van der Waals surface area contributed by atoms with Crippen LogP contribution >= 0.6 is 27.5 Å². The summed E-state index contributed by atoms with van der Waals surface area (Å²) in [5, 5.41) is 5.10. The van der Waals surface area contributed by atoms with Crippen molar-refractivity contribution < 1.29 is 4.39 Å². The van der Waals surface area contributed by atoms with E-state index in [1.807, 2.05) is 16.7 Å². The third-order valence-electron chi connectivity index (χ3n) is 4.63. The van der Waals surface area contributed by atoms with Gasteiger partial charge in [0.2, 0.25) is 0 Å². The zero-order valence-corrected chi connectivity index (χ0v) is 18.3. The van der Waals surface area contributed by atoms with Crippen LogP contribution in [0.15, 0.2) is 69.6 Å². The molecule has 2 aromatic carbocycles. The largest absolute Gasteiger partial charge is 0.383 e. The Kier molecular flexibility index (Phi) is 5.97. The third-order valence-corrected chi connectivity index (χ3v) is 5.71. The van der Waals surface area contributed by atoms with Crippen LogP contribution in [0.3, 0.4) is 0 Å². The standard InChI is InChI=1S/C21H16BrClFN7/c22-19-17(12-5-7-13(23)8-6-12)18-20(25)28-11-29-21(18)31(19)10-14(30-26)9-27-16-4-2-1-3-15(16)24/h1-9,11H,10,26H2,(H2,25,28,29). The number of aliphatic imine (C=N–C) groups is 1. The van der Waals surface area contributed by atoms with E-state index in [0.29, 0.717) is 32.2 Å². The number of fused-ring (bicyclic) bond motifs is 1. The van der Waals surface area contributed by atoms with E-state index >= 15 is 0 Å². The topological polar surface area (TPSA) is 107 Å². The number of halogens is 3. The van der Waals surface area contributed by atoms with Gasteiger partial charge in [0.05, 0.1) is 34.1 Å². The van der Waals surface area contributed by atoms with Gasteiger partial charge in [-0.15, -0.1) is 0 Å². The molecule has 2 aromatic heterocycles. The Morgan fingerprint density at radius 2 is 1.90 bits per heavy atom. The predicted octanol–water partition coefficient (Wildman–Crippen LogP) is 4.95. The number of benzene rings is 2. The van der Waals surface area contributed by atoms with Crippen molar-refractivity contribution >= 4 is 62.0 Å². The van der Waals surface area contributed by atoms with Gasteiger partial charge in [-0.1, -0.05) is 35.9 Å². The lowest BCUT2D eigenvalue weighted by atomic mass is 10.1. The molecule has 156 valence electrons. The van der Waals surface area contributed by atoms with Gasteiger partial charge in [-0.05, 0) is 45.8 Å². The van der Waals surface area contributed by atoms with Crippen molar-refractivity contribution in [2.45, 2.75) is 6.54 Å². The quantitative estimate of drug-likeness (QED) is 0.229. The van der Waals surface area contributed by atoms with E-state index in [-0.39, 0.29) is 12.2 Å². The van der Waals surface area contributed by atoms with Gasteiger partial charge in [0, 0.05) is 10.6 Å². The number of para-hydroxylation sites is 1. The number of anilines is 1. The summed E-state index contributed by atoms with van der Waals surface area (Å²) in [6.07, 6.45) is 2.81. The maximum absolute atomic E-state index is 13.9. The molecule has 0 bridgehead atoms. The van der Waals surface area contributed by atoms with Crippen molar-refractivity contribution in [3.63, 3.8) is 0 Å². The molecule has 0 spiro atoms. The molecule has 10 heteroatoms. The summed E-state index contributed by atoms with van der Waals surface area (Å²) in [5.41, 5.74) is 9.06. The number of rotatable bonds is 5. The summed E-state index contributed by atoms with van der Waals surface area (Å²) in [6.45, 7) is 0.218. The molecule has 0 unspecified atom stereocenters. The zero-order valence-electron chi connectivity index (χ0n) is 16.0. The summed E-state index contributed by atoms with van der Waals surface area (Å²) >= 11 is 9.70. The van der Waals surface area contributed by atoms with Crippen LogP contribution in [0.4, 0.5) is 15.9 Å². The summed E-state index contributed by atoms with van der Waals surface area (Å²) < 4.78 is 16.4. The highest BCUT2D eigenvalue weighted by Crippen LogP contribution is 2.40. The van der Waals surface area contributed by atoms with Gasteiger partial charge in [-0.3, -0.25) is 4.99 Å². The van der Waals surface area contributed by atoms with Gasteiger partial charge >= 0.3 is 0 Å². The number of nitrogens with zero attached hydrogens (tertiary/aromatic N) is 5. The first-order valence-electron chi connectivity index (χ1n) is 9.09. The van der Waals surface area contributed by atoms with E-state index in [4.69, 9.17) is 23.2 Å². The van der Waals surface area contributed by atoms with Crippen molar-refractivity contribution in [3.05, 3.63) is 70.3 Å². The Balaban J connectivity index is 1.79. The average Bonchev–Trinajstić information content (AvgIpc) is 3.05. The van der Waals surface area contributed by atoms with E-state index < -0.39 is 5.82 Å². The second-order valence-electron chi connectivity index (χ2n) is 6.55. The maximum Gasteiger partial charge on any atom is 0.148 e. The molecule has 4 rings (SSSR count). The summed E-state index contributed by atoms with van der Waals surface area (Å²) in [4.78, 5) is 12.7. The number of hydrogen-bond acceptors (Lipinski definition) is 6. The molecule has 7 nitrogen and oxygen atoms in total. The van der Waals surface area contributed by atoms with Crippen LogP contribution < -0.4 is 11.6 Å². The fourth-order valence-electron chi connectivity index (χ4n) is 3.17. The van der Waals surface area contributed by atoms with Crippen molar-refractivity contribution in [2.75, 3.05) is 5.73 Å². The highest BCUT2D eigenvalue weighted by atomic mass is 79.9. The lowest BCUT2D eigenvalue weighted by Crippen LogP contribution is -2.14. The Labute approximate surface area is 190 Å². The molecule has 4 aromatic rings. The van der Waals surface area contributed by atoms with Crippen molar-refractivity contribution in [3.8, 4) is 11.1 Å². The van der Waals surface area contributed by atoms with E-state index in [0.717, 1.165) is 11.1 Å². The minimum atomic E-state index is -0.437. The molecular formula is C21H16BrClFN7. The maximum atomic E-state index is 13.9. The van der Waals surface area contributed by atoms with Gasteiger partial charge < -0.3 is 16.1 Å². The van der Waals surface area contributed by atoms with Crippen LogP contribution in [-0.4, -0.2) is 26.5 Å². The number of nitrogens with two attached hydrogens (primary N) is 2. The van der Waals surface area contributed by atoms with Crippen molar-refractivity contribution in [1.29, 1.82) is 0 Å². The van der Waals surface area contributed by atoms with Crippen molar-refractivity contribution in [2.24, 2.45) is 15.9 Å². The van der Waals surface area contributed by atoms with E-state index in [1.54, 1.807) is 30.3 Å². The minimum Gasteiger partial charge on any atom is -0.383 e. The number of aromatic nitrogens is 3. The molecule has 0 amide bonds. The molecule has 0 saturated heterocycles. The highest BCUT2D eigenvalue weighted by Gasteiger charge is 2.21. The second-order valence-corrected chi connectivity index (χ2v) is 7.73. The summed E-state index contributed by atoms with van der Waals surface area (Å²) in [5.74, 6) is 5.48. The van der Waals surface area contributed by atoms with Crippen LogP contribution in [0, 0.1) is 5.82 Å². The summed E-state index contributed by atoms with van der Waals surface area (Å²) in [7, 11) is 0. The Morgan fingerprint density at radius 1 is 1.16 bits per heavy atom. The van der Waals surface area contributed by atoms with Crippen LogP contribution in [0.25, 0.3) is 22.2 Å². The molecule has 0 fully saturated rings. The first kappa shape index (κ1) is 21.0. The van der Waals surface area contributed by atoms with Crippen LogP contribution in [-0.2, 0) is 6.54 Å². The third kappa shape index (κ3) is 4.14. The highest BCUT2D eigenvalue weighted by molar-refractivity contribution is 9.10. The molecule has 0 aliphatic heterocycles. The molecule has 0 aliphatic rings. The Morgan fingerprint density at radius 3 is 2.61 bits per heavy atom. The van der Waals surface area contributed by atoms with Gasteiger partial charge in [-0.2, -0.15) is 5.10 Å². The molecule has 2 heterocycles. The normalized spacial score (nSPS) is 12.2. The molecule has 0 aliphatic carbocycles. The van der Waals surface area contributed by atoms with E-state index in [2.05, 4.69) is 36.0 Å². The lowest BCUT2D eigenvalue weighted by molar-refractivity contribution is 0.630.